The number of carboxylic acids is 1. The number of aliphatic carboxylic acids is 1. The summed E-state index contributed by atoms with van der Waals surface area (Å²) in [5, 5.41) is 11.4. The smallest absolute Gasteiger partial charge is 0.317 e. The first-order valence-electron chi connectivity index (χ1n) is 6.37. The number of halogens is 1. The van der Waals surface area contributed by atoms with Crippen LogP contribution in [0.5, 0.6) is 0 Å². The lowest BCUT2D eigenvalue weighted by Crippen LogP contribution is -2.41. The maximum Gasteiger partial charge on any atom is 0.317 e. The third-order valence-corrected chi connectivity index (χ3v) is 2.94. The number of hydrogen-bond acceptors (Lipinski definition) is 2. The Hall–Kier alpha value is -2.11. The van der Waals surface area contributed by atoms with Crippen LogP contribution in [0.3, 0.4) is 0 Å². The van der Waals surface area contributed by atoms with Crippen LogP contribution in [-0.2, 0) is 11.2 Å². The molecule has 5 nitrogen and oxygen atoms in total. The molecule has 2 N–H and O–H groups in total. The van der Waals surface area contributed by atoms with E-state index in [1.807, 2.05) is 0 Å². The van der Waals surface area contributed by atoms with Crippen molar-refractivity contribution in [2.24, 2.45) is 5.92 Å². The molecule has 0 fully saturated rings. The van der Waals surface area contributed by atoms with Crippen LogP contribution in [0.4, 0.5) is 9.18 Å². The quantitative estimate of drug-likeness (QED) is 0.835. The Labute approximate surface area is 117 Å². The molecule has 1 unspecified atom stereocenters. The van der Waals surface area contributed by atoms with Crippen LogP contribution in [0.2, 0.25) is 0 Å². The highest BCUT2D eigenvalue weighted by Crippen LogP contribution is 2.06. The molecular formula is C14H19FN2O3. The number of rotatable bonds is 6. The van der Waals surface area contributed by atoms with Crippen LogP contribution in [0.15, 0.2) is 24.3 Å². The summed E-state index contributed by atoms with van der Waals surface area (Å²) in [6.07, 6.45) is 0.390. The predicted molar refractivity (Wildman–Crippen MR) is 72.9 cm³/mol. The molecule has 0 bridgehead atoms. The summed E-state index contributed by atoms with van der Waals surface area (Å²) in [5.41, 5.74) is 0.536. The number of hydrogen-bond donors (Lipinski definition) is 2. The van der Waals surface area contributed by atoms with E-state index < -0.39 is 11.9 Å². The zero-order valence-corrected chi connectivity index (χ0v) is 11.6. The van der Waals surface area contributed by atoms with Gasteiger partial charge in [-0.15, -0.1) is 0 Å². The second-order valence-corrected chi connectivity index (χ2v) is 4.69. The Bertz CT molecular complexity index is 479. The Balaban J connectivity index is 2.36. The highest BCUT2D eigenvalue weighted by atomic mass is 19.1. The van der Waals surface area contributed by atoms with Gasteiger partial charge in [0, 0.05) is 20.1 Å². The van der Waals surface area contributed by atoms with Crippen molar-refractivity contribution in [3.63, 3.8) is 0 Å². The third-order valence-electron chi connectivity index (χ3n) is 2.94. The van der Waals surface area contributed by atoms with Gasteiger partial charge < -0.3 is 15.3 Å². The van der Waals surface area contributed by atoms with Crippen LogP contribution in [0, 0.1) is 11.7 Å². The van der Waals surface area contributed by atoms with E-state index in [0.29, 0.717) is 18.5 Å². The first-order valence-corrected chi connectivity index (χ1v) is 6.37. The van der Waals surface area contributed by atoms with Crippen molar-refractivity contribution in [3.05, 3.63) is 35.6 Å². The number of nitrogens with zero attached hydrogens (tertiary/aromatic N) is 1. The van der Waals surface area contributed by atoms with Crippen molar-refractivity contribution < 1.29 is 19.1 Å². The maximum absolute atomic E-state index is 13.3. The molecule has 0 radical (unpaired) electrons. The van der Waals surface area contributed by atoms with E-state index in [1.54, 1.807) is 18.2 Å². The van der Waals surface area contributed by atoms with Crippen molar-refractivity contribution in [2.45, 2.75) is 13.3 Å². The summed E-state index contributed by atoms with van der Waals surface area (Å²) in [6.45, 7) is 1.96. The maximum atomic E-state index is 13.3. The van der Waals surface area contributed by atoms with E-state index in [9.17, 15) is 14.0 Å². The average molecular weight is 282 g/mol. The molecule has 0 heterocycles. The van der Waals surface area contributed by atoms with Crippen LogP contribution in [0.25, 0.3) is 0 Å². The Kier molecular flexibility index (Phi) is 5.96. The van der Waals surface area contributed by atoms with E-state index in [4.69, 9.17) is 5.11 Å². The number of carboxylic acid groups (broad SMARTS) is 1. The summed E-state index contributed by atoms with van der Waals surface area (Å²) in [5.74, 6) is -1.87. The standard InChI is InChI=1S/C14H19FN2O3/c1-10(13(18)19)9-17(2)14(20)16-8-7-11-5-3-4-6-12(11)15/h3-6,10H,7-9H2,1-2H3,(H,16,20)(H,18,19). The fourth-order valence-corrected chi connectivity index (χ4v) is 1.71. The zero-order chi connectivity index (χ0) is 15.1. The summed E-state index contributed by atoms with van der Waals surface area (Å²) < 4.78 is 13.3. The molecule has 0 aliphatic heterocycles. The van der Waals surface area contributed by atoms with Crippen molar-refractivity contribution in [1.29, 1.82) is 0 Å². The van der Waals surface area contributed by atoms with Gasteiger partial charge in [-0.3, -0.25) is 4.79 Å². The molecule has 1 atom stereocenters. The molecule has 0 aliphatic carbocycles. The van der Waals surface area contributed by atoms with E-state index in [1.165, 1.54) is 24.9 Å². The van der Waals surface area contributed by atoms with Crippen LogP contribution in [0.1, 0.15) is 12.5 Å². The first kappa shape index (κ1) is 15.9. The van der Waals surface area contributed by atoms with Crippen LogP contribution >= 0.6 is 0 Å². The number of nitrogens with one attached hydrogen (secondary N) is 1. The summed E-state index contributed by atoms with van der Waals surface area (Å²) in [6, 6.07) is 6.02. The monoisotopic (exact) mass is 282 g/mol. The van der Waals surface area contributed by atoms with E-state index in [-0.39, 0.29) is 18.4 Å². The first-order chi connectivity index (χ1) is 9.41. The zero-order valence-electron chi connectivity index (χ0n) is 11.6. The largest absolute Gasteiger partial charge is 0.481 e. The van der Waals surface area contributed by atoms with Crippen molar-refractivity contribution >= 4 is 12.0 Å². The summed E-state index contributed by atoms with van der Waals surface area (Å²) in [7, 11) is 1.53. The highest BCUT2D eigenvalue weighted by Gasteiger charge is 2.16. The normalized spacial score (nSPS) is 11.8. The third kappa shape index (κ3) is 4.87. The molecule has 6 heteroatoms. The molecule has 1 aromatic rings. The average Bonchev–Trinajstić information content (AvgIpc) is 2.40. The van der Waals surface area contributed by atoms with Gasteiger partial charge in [0.05, 0.1) is 5.92 Å². The van der Waals surface area contributed by atoms with Gasteiger partial charge in [-0.1, -0.05) is 25.1 Å². The van der Waals surface area contributed by atoms with Crippen molar-refractivity contribution in [3.8, 4) is 0 Å². The highest BCUT2D eigenvalue weighted by molar-refractivity contribution is 5.75. The molecule has 1 aromatic carbocycles. The summed E-state index contributed by atoms with van der Waals surface area (Å²) in [4.78, 5) is 23.7. The van der Waals surface area contributed by atoms with Crippen LogP contribution in [-0.4, -0.2) is 42.1 Å². The molecule has 2 amide bonds. The van der Waals surface area contributed by atoms with Gasteiger partial charge in [0.2, 0.25) is 0 Å². The minimum absolute atomic E-state index is 0.126. The second-order valence-electron chi connectivity index (χ2n) is 4.69. The van der Waals surface area contributed by atoms with E-state index in [0.717, 1.165) is 0 Å². The number of carbonyl (C=O) groups excluding carboxylic acids is 1. The number of benzene rings is 1. The predicted octanol–water partition coefficient (Wildman–Crippen LogP) is 1.73. The second kappa shape index (κ2) is 7.47. The van der Waals surface area contributed by atoms with Gasteiger partial charge in [-0.25, -0.2) is 9.18 Å². The molecule has 0 aromatic heterocycles. The Morgan fingerprint density at radius 3 is 2.65 bits per heavy atom. The number of amides is 2. The Morgan fingerprint density at radius 1 is 1.40 bits per heavy atom. The molecule has 0 saturated carbocycles. The lowest BCUT2D eigenvalue weighted by atomic mass is 10.1. The fraction of sp³-hybridized carbons (Fsp3) is 0.429. The molecule has 0 spiro atoms. The molecule has 20 heavy (non-hydrogen) atoms. The lowest BCUT2D eigenvalue weighted by molar-refractivity contribution is -0.141. The fourth-order valence-electron chi connectivity index (χ4n) is 1.71. The minimum Gasteiger partial charge on any atom is -0.481 e. The lowest BCUT2D eigenvalue weighted by Gasteiger charge is -2.20. The van der Waals surface area contributed by atoms with E-state index in [2.05, 4.69) is 5.32 Å². The Morgan fingerprint density at radius 2 is 2.05 bits per heavy atom. The molecule has 0 aliphatic rings. The minimum atomic E-state index is -0.948. The number of carbonyl (C=O) groups is 2. The van der Waals surface area contributed by atoms with Gasteiger partial charge in [0.25, 0.3) is 0 Å². The van der Waals surface area contributed by atoms with Gasteiger partial charge in [-0.2, -0.15) is 0 Å². The summed E-state index contributed by atoms with van der Waals surface area (Å²) >= 11 is 0. The SMILES string of the molecule is CC(CN(C)C(=O)NCCc1ccccc1F)C(=O)O. The number of urea groups is 1. The van der Waals surface area contributed by atoms with E-state index >= 15 is 0 Å². The molecule has 0 saturated heterocycles. The van der Waals surface area contributed by atoms with Gasteiger partial charge in [-0.05, 0) is 18.1 Å². The van der Waals surface area contributed by atoms with Gasteiger partial charge >= 0.3 is 12.0 Å². The molecule has 110 valence electrons. The van der Waals surface area contributed by atoms with Gasteiger partial charge in [0.15, 0.2) is 0 Å². The topological polar surface area (TPSA) is 69.6 Å². The van der Waals surface area contributed by atoms with Crippen LogP contribution < -0.4 is 5.32 Å². The van der Waals surface area contributed by atoms with Gasteiger partial charge in [0.1, 0.15) is 5.82 Å². The van der Waals surface area contributed by atoms with Crippen molar-refractivity contribution in [2.75, 3.05) is 20.1 Å². The molecular weight excluding hydrogens is 263 g/mol. The molecule has 1 rings (SSSR count). The van der Waals surface area contributed by atoms with Crippen molar-refractivity contribution in [1.82, 2.24) is 10.2 Å².